The summed E-state index contributed by atoms with van der Waals surface area (Å²) in [6.45, 7) is 3.02. The lowest BCUT2D eigenvalue weighted by molar-refractivity contribution is 0.206. The average molecular weight is 352 g/mol. The third-order valence-corrected chi connectivity index (χ3v) is 7.37. The standard InChI is InChI=1S/C16H24N4O3S/c21-24(22,14-4-5-14)20-9-6-13(11-20)23-16-10-15(17-12-18-16)19-7-2-1-3-8-19/h10,12-14H,1-9,11H2/t13-/m0/s1. The molecule has 1 aromatic rings. The molecule has 0 radical (unpaired) electrons. The van der Waals surface area contributed by atoms with Crippen LogP contribution >= 0.6 is 0 Å². The van der Waals surface area contributed by atoms with Crippen LogP contribution in [0.5, 0.6) is 5.88 Å². The highest BCUT2D eigenvalue weighted by Crippen LogP contribution is 2.33. The summed E-state index contributed by atoms with van der Waals surface area (Å²) in [5, 5.41) is -0.152. The molecule has 0 N–H and O–H groups in total. The summed E-state index contributed by atoms with van der Waals surface area (Å²) < 4.78 is 32.1. The normalized spacial score (nSPS) is 25.8. The average Bonchev–Trinajstić information content (AvgIpc) is 3.37. The van der Waals surface area contributed by atoms with Gasteiger partial charge in [0.2, 0.25) is 15.9 Å². The molecule has 0 spiro atoms. The number of ether oxygens (including phenoxy) is 1. The maximum absolute atomic E-state index is 12.3. The van der Waals surface area contributed by atoms with Crippen LogP contribution < -0.4 is 9.64 Å². The van der Waals surface area contributed by atoms with E-state index >= 15 is 0 Å². The first kappa shape index (κ1) is 16.1. The van der Waals surface area contributed by atoms with E-state index in [-0.39, 0.29) is 11.4 Å². The molecule has 3 aliphatic rings. The molecular formula is C16H24N4O3S. The third kappa shape index (κ3) is 3.35. The van der Waals surface area contributed by atoms with Crippen LogP contribution in [0.2, 0.25) is 0 Å². The summed E-state index contributed by atoms with van der Waals surface area (Å²) in [5.74, 6) is 1.45. The molecule has 1 aromatic heterocycles. The number of rotatable bonds is 5. The van der Waals surface area contributed by atoms with Crippen LogP contribution in [0.15, 0.2) is 12.4 Å². The number of hydrogen-bond acceptors (Lipinski definition) is 6. The zero-order valence-corrected chi connectivity index (χ0v) is 14.6. The van der Waals surface area contributed by atoms with E-state index in [9.17, 15) is 8.42 Å². The van der Waals surface area contributed by atoms with Crippen molar-refractivity contribution in [2.24, 2.45) is 0 Å². The van der Waals surface area contributed by atoms with Crippen LogP contribution in [0, 0.1) is 0 Å². The second-order valence-corrected chi connectivity index (χ2v) is 9.11. The molecule has 3 fully saturated rings. The third-order valence-electron chi connectivity index (χ3n) is 5.01. The van der Waals surface area contributed by atoms with Crippen LogP contribution in [-0.2, 0) is 10.0 Å². The van der Waals surface area contributed by atoms with Crippen LogP contribution in [0.4, 0.5) is 5.82 Å². The van der Waals surface area contributed by atoms with Crippen molar-refractivity contribution in [3.05, 3.63) is 12.4 Å². The van der Waals surface area contributed by atoms with Gasteiger partial charge in [0.15, 0.2) is 0 Å². The minimum absolute atomic E-state index is 0.123. The van der Waals surface area contributed by atoms with Gasteiger partial charge in [-0.05, 0) is 38.5 Å². The number of piperidine rings is 1. The number of hydrogen-bond donors (Lipinski definition) is 0. The summed E-state index contributed by atoms with van der Waals surface area (Å²) in [6.07, 6.45) is 7.39. The molecule has 4 rings (SSSR count). The second-order valence-electron chi connectivity index (χ2n) is 6.89. The quantitative estimate of drug-likeness (QED) is 0.798. The van der Waals surface area contributed by atoms with Crippen molar-refractivity contribution in [2.45, 2.75) is 49.9 Å². The molecule has 132 valence electrons. The fraction of sp³-hybridized carbons (Fsp3) is 0.750. The van der Waals surface area contributed by atoms with Crippen molar-refractivity contribution in [2.75, 3.05) is 31.1 Å². The molecule has 2 aliphatic heterocycles. The van der Waals surface area contributed by atoms with Crippen LogP contribution in [0.3, 0.4) is 0 Å². The second kappa shape index (κ2) is 6.48. The van der Waals surface area contributed by atoms with Gasteiger partial charge in [0.25, 0.3) is 0 Å². The summed E-state index contributed by atoms with van der Waals surface area (Å²) in [7, 11) is -3.10. The first-order chi connectivity index (χ1) is 11.6. The maximum Gasteiger partial charge on any atom is 0.218 e. The Balaban J connectivity index is 1.39. The molecule has 0 unspecified atom stereocenters. The largest absolute Gasteiger partial charge is 0.473 e. The lowest BCUT2D eigenvalue weighted by Crippen LogP contribution is -2.33. The van der Waals surface area contributed by atoms with Gasteiger partial charge in [-0.1, -0.05) is 0 Å². The van der Waals surface area contributed by atoms with Crippen LogP contribution in [0.1, 0.15) is 38.5 Å². The predicted molar refractivity (Wildman–Crippen MR) is 90.6 cm³/mol. The molecule has 7 nitrogen and oxygen atoms in total. The predicted octanol–water partition coefficient (Wildman–Crippen LogP) is 1.41. The molecule has 3 heterocycles. The molecule has 24 heavy (non-hydrogen) atoms. The lowest BCUT2D eigenvalue weighted by atomic mass is 10.1. The number of sulfonamides is 1. The Kier molecular flexibility index (Phi) is 4.34. The molecule has 1 saturated carbocycles. The van der Waals surface area contributed by atoms with Crippen molar-refractivity contribution < 1.29 is 13.2 Å². The summed E-state index contributed by atoms with van der Waals surface area (Å²) >= 11 is 0. The summed E-state index contributed by atoms with van der Waals surface area (Å²) in [5.41, 5.74) is 0. The monoisotopic (exact) mass is 352 g/mol. The van der Waals surface area contributed by atoms with E-state index in [0.29, 0.717) is 19.0 Å². The van der Waals surface area contributed by atoms with Crippen molar-refractivity contribution in [1.82, 2.24) is 14.3 Å². The van der Waals surface area contributed by atoms with Gasteiger partial charge in [-0.25, -0.2) is 18.4 Å². The van der Waals surface area contributed by atoms with Crippen molar-refractivity contribution in [3.63, 3.8) is 0 Å². The van der Waals surface area contributed by atoms with Crippen molar-refractivity contribution in [3.8, 4) is 5.88 Å². The van der Waals surface area contributed by atoms with E-state index in [1.165, 1.54) is 25.6 Å². The van der Waals surface area contributed by atoms with Gasteiger partial charge in [0.05, 0.1) is 11.8 Å². The summed E-state index contributed by atoms with van der Waals surface area (Å²) in [6, 6.07) is 1.88. The topological polar surface area (TPSA) is 75.6 Å². The van der Waals surface area contributed by atoms with E-state index in [1.54, 1.807) is 4.31 Å². The van der Waals surface area contributed by atoms with E-state index in [1.807, 2.05) is 6.07 Å². The summed E-state index contributed by atoms with van der Waals surface area (Å²) in [4.78, 5) is 10.8. The van der Waals surface area contributed by atoms with Crippen LogP contribution in [0.25, 0.3) is 0 Å². The van der Waals surface area contributed by atoms with Gasteiger partial charge in [-0.3, -0.25) is 0 Å². The molecule has 1 aliphatic carbocycles. The Hall–Kier alpha value is -1.41. The Labute approximate surface area is 143 Å². The van der Waals surface area contributed by atoms with Gasteiger partial charge in [-0.15, -0.1) is 0 Å². The Morgan fingerprint density at radius 1 is 1.04 bits per heavy atom. The maximum atomic E-state index is 12.3. The van der Waals surface area contributed by atoms with Gasteiger partial charge in [-0.2, -0.15) is 4.31 Å². The fourth-order valence-corrected chi connectivity index (χ4v) is 5.35. The number of nitrogens with zero attached hydrogens (tertiary/aromatic N) is 4. The molecule has 2 saturated heterocycles. The van der Waals surface area contributed by atoms with Crippen LogP contribution in [-0.4, -0.2) is 60.2 Å². The molecule has 1 atom stereocenters. The Morgan fingerprint density at radius 3 is 2.58 bits per heavy atom. The highest BCUT2D eigenvalue weighted by molar-refractivity contribution is 7.90. The highest BCUT2D eigenvalue weighted by Gasteiger charge is 2.43. The van der Waals surface area contributed by atoms with E-state index in [2.05, 4.69) is 14.9 Å². The zero-order valence-electron chi connectivity index (χ0n) is 13.8. The first-order valence-corrected chi connectivity index (χ1v) is 10.4. The molecule has 0 amide bonds. The number of aromatic nitrogens is 2. The fourth-order valence-electron chi connectivity index (χ4n) is 3.46. The molecule has 0 bridgehead atoms. The van der Waals surface area contributed by atoms with Gasteiger partial charge < -0.3 is 9.64 Å². The first-order valence-electron chi connectivity index (χ1n) is 8.85. The molecule has 0 aromatic carbocycles. The van der Waals surface area contributed by atoms with Gasteiger partial charge in [0.1, 0.15) is 18.2 Å². The van der Waals surface area contributed by atoms with Gasteiger partial charge >= 0.3 is 0 Å². The molecular weight excluding hydrogens is 328 g/mol. The number of anilines is 1. The van der Waals surface area contributed by atoms with E-state index in [4.69, 9.17) is 4.74 Å². The van der Waals surface area contributed by atoms with Crippen molar-refractivity contribution in [1.29, 1.82) is 0 Å². The Bertz CT molecular complexity index is 686. The zero-order chi connectivity index (χ0) is 16.6. The van der Waals surface area contributed by atoms with Crippen molar-refractivity contribution >= 4 is 15.8 Å². The lowest BCUT2D eigenvalue weighted by Gasteiger charge is -2.27. The van der Waals surface area contributed by atoms with E-state index in [0.717, 1.165) is 38.2 Å². The minimum Gasteiger partial charge on any atom is -0.473 e. The smallest absolute Gasteiger partial charge is 0.218 e. The molecule has 8 heteroatoms. The SMILES string of the molecule is O=S(=O)(C1CC1)N1CC[C@H](Oc2cc(N3CCCCC3)ncn2)C1. The Morgan fingerprint density at radius 2 is 1.83 bits per heavy atom. The minimum atomic E-state index is -3.10. The highest BCUT2D eigenvalue weighted by atomic mass is 32.2. The van der Waals surface area contributed by atoms with E-state index < -0.39 is 10.0 Å². The van der Waals surface area contributed by atoms with Gasteiger partial charge in [0, 0.05) is 25.7 Å².